The number of benzene rings is 3. The molecule has 1 aliphatic rings. The SMILES string of the molecule is CN1CCN(c2ccc(C(=O)Nc3n[nH]c4ccc(S(=O)(=O)c5ccccc5)cc34)c(N(CF)CCF)c2)CC1. The van der Waals surface area contributed by atoms with Gasteiger partial charge in [0.2, 0.25) is 9.84 Å². The van der Waals surface area contributed by atoms with E-state index >= 15 is 0 Å². The van der Waals surface area contributed by atoms with E-state index in [1.54, 1.807) is 42.5 Å². The van der Waals surface area contributed by atoms with Crippen molar-refractivity contribution in [2.75, 3.05) is 68.4 Å². The highest BCUT2D eigenvalue weighted by Gasteiger charge is 2.23. The number of nitrogens with one attached hydrogen (secondary N) is 2. The molecule has 2 N–H and O–H groups in total. The molecule has 0 saturated carbocycles. The van der Waals surface area contributed by atoms with Crippen LogP contribution in [0.15, 0.2) is 76.5 Å². The van der Waals surface area contributed by atoms with Crippen molar-refractivity contribution in [3.05, 3.63) is 72.3 Å². The fourth-order valence-electron chi connectivity index (χ4n) is 4.75. The molecule has 1 amide bonds. The molecule has 0 atom stereocenters. The fraction of sp³-hybridized carbons (Fsp3) is 0.286. The minimum Gasteiger partial charge on any atom is -0.369 e. The summed E-state index contributed by atoms with van der Waals surface area (Å²) in [6.45, 7) is 1.30. The molecule has 1 fully saturated rings. The number of hydrogen-bond donors (Lipinski definition) is 2. The maximum absolute atomic E-state index is 14.0. The Morgan fingerprint density at radius 1 is 1.00 bits per heavy atom. The van der Waals surface area contributed by atoms with Crippen LogP contribution in [0, 0.1) is 0 Å². The van der Waals surface area contributed by atoms with E-state index in [1.165, 1.54) is 29.2 Å². The summed E-state index contributed by atoms with van der Waals surface area (Å²) in [7, 11) is -1.76. The highest BCUT2D eigenvalue weighted by molar-refractivity contribution is 7.91. The molecule has 1 aliphatic heterocycles. The van der Waals surface area contributed by atoms with Crippen LogP contribution in [0.3, 0.4) is 0 Å². The molecule has 2 heterocycles. The zero-order chi connectivity index (χ0) is 28.3. The van der Waals surface area contributed by atoms with E-state index in [0.29, 0.717) is 10.9 Å². The van der Waals surface area contributed by atoms with E-state index < -0.39 is 29.2 Å². The molecule has 0 unspecified atom stereocenters. The third-order valence-corrected chi connectivity index (χ3v) is 8.83. The molecule has 1 saturated heterocycles. The van der Waals surface area contributed by atoms with Crippen molar-refractivity contribution >= 4 is 43.8 Å². The second-order valence-corrected chi connectivity index (χ2v) is 11.6. The Bertz CT molecular complexity index is 1610. The van der Waals surface area contributed by atoms with Gasteiger partial charge in [0.1, 0.15) is 6.67 Å². The summed E-state index contributed by atoms with van der Waals surface area (Å²) in [6.07, 6.45) is 0. The number of sulfone groups is 1. The van der Waals surface area contributed by atoms with Crippen LogP contribution in [0.5, 0.6) is 0 Å². The first-order chi connectivity index (χ1) is 19.3. The average Bonchev–Trinajstić information content (AvgIpc) is 3.38. The van der Waals surface area contributed by atoms with Gasteiger partial charge in [-0.25, -0.2) is 17.2 Å². The first-order valence-corrected chi connectivity index (χ1v) is 14.3. The van der Waals surface area contributed by atoms with Crippen molar-refractivity contribution in [2.24, 2.45) is 0 Å². The number of nitrogens with zero attached hydrogens (tertiary/aromatic N) is 4. The predicted molar refractivity (Wildman–Crippen MR) is 151 cm³/mol. The lowest BCUT2D eigenvalue weighted by Gasteiger charge is -2.35. The number of likely N-dealkylation sites (N-methyl/N-ethyl adjacent to an activating group) is 1. The largest absolute Gasteiger partial charge is 0.369 e. The quantitative estimate of drug-likeness (QED) is 0.293. The number of alkyl halides is 2. The Morgan fingerprint density at radius 3 is 2.45 bits per heavy atom. The number of fused-ring (bicyclic) bond motifs is 1. The first-order valence-electron chi connectivity index (χ1n) is 12.9. The minimum absolute atomic E-state index is 0.0480. The molecule has 0 spiro atoms. The van der Waals surface area contributed by atoms with Gasteiger partial charge in [-0.3, -0.25) is 9.89 Å². The normalized spacial score (nSPS) is 14.4. The third-order valence-electron chi connectivity index (χ3n) is 7.06. The lowest BCUT2D eigenvalue weighted by atomic mass is 10.1. The van der Waals surface area contributed by atoms with Gasteiger partial charge < -0.3 is 20.0 Å². The molecule has 12 heteroatoms. The van der Waals surface area contributed by atoms with E-state index in [-0.39, 0.29) is 33.4 Å². The molecule has 4 aromatic rings. The number of piperazine rings is 1. The second-order valence-electron chi connectivity index (χ2n) is 9.61. The number of aromatic nitrogens is 2. The van der Waals surface area contributed by atoms with Gasteiger partial charge in [-0.1, -0.05) is 18.2 Å². The summed E-state index contributed by atoms with van der Waals surface area (Å²) in [5.74, 6) is -0.460. The monoisotopic (exact) mass is 568 g/mol. The van der Waals surface area contributed by atoms with Crippen LogP contribution in [0.2, 0.25) is 0 Å². The molecule has 0 bridgehead atoms. The number of halogens is 2. The number of aromatic amines is 1. The lowest BCUT2D eigenvalue weighted by molar-refractivity contribution is 0.102. The van der Waals surface area contributed by atoms with Crippen molar-refractivity contribution in [3.63, 3.8) is 0 Å². The molecule has 0 radical (unpaired) electrons. The van der Waals surface area contributed by atoms with Crippen LogP contribution in [0.25, 0.3) is 10.9 Å². The topological polar surface area (TPSA) is 102 Å². The van der Waals surface area contributed by atoms with Gasteiger partial charge in [0.15, 0.2) is 12.6 Å². The van der Waals surface area contributed by atoms with Crippen molar-refractivity contribution in [1.82, 2.24) is 15.1 Å². The Morgan fingerprint density at radius 2 is 1.75 bits per heavy atom. The Hall–Kier alpha value is -4.03. The van der Waals surface area contributed by atoms with Gasteiger partial charge in [-0.2, -0.15) is 5.10 Å². The van der Waals surface area contributed by atoms with Crippen LogP contribution < -0.4 is 15.1 Å². The van der Waals surface area contributed by atoms with Gasteiger partial charge in [0.25, 0.3) is 5.91 Å². The van der Waals surface area contributed by atoms with Crippen LogP contribution in [-0.2, 0) is 9.84 Å². The Labute approximate surface area is 231 Å². The maximum atomic E-state index is 14.0. The highest BCUT2D eigenvalue weighted by atomic mass is 32.2. The van der Waals surface area contributed by atoms with Crippen molar-refractivity contribution in [3.8, 4) is 0 Å². The van der Waals surface area contributed by atoms with Crippen LogP contribution in [0.1, 0.15) is 10.4 Å². The van der Waals surface area contributed by atoms with Crippen molar-refractivity contribution in [1.29, 1.82) is 0 Å². The highest BCUT2D eigenvalue weighted by Crippen LogP contribution is 2.31. The molecule has 1 aromatic heterocycles. The molecule has 9 nitrogen and oxygen atoms in total. The summed E-state index contributed by atoms with van der Waals surface area (Å²) in [5.41, 5.74) is 1.75. The van der Waals surface area contributed by atoms with Gasteiger partial charge in [0, 0.05) is 43.8 Å². The Kier molecular flexibility index (Phi) is 7.99. The molecule has 40 heavy (non-hydrogen) atoms. The van der Waals surface area contributed by atoms with E-state index in [4.69, 9.17) is 0 Å². The van der Waals surface area contributed by atoms with Crippen molar-refractivity contribution in [2.45, 2.75) is 9.79 Å². The van der Waals surface area contributed by atoms with Crippen molar-refractivity contribution < 1.29 is 22.0 Å². The van der Waals surface area contributed by atoms with E-state index in [0.717, 1.165) is 31.9 Å². The zero-order valence-electron chi connectivity index (χ0n) is 22.0. The number of carbonyl (C=O) groups excluding carboxylic acids is 1. The lowest BCUT2D eigenvalue weighted by Crippen LogP contribution is -2.44. The van der Waals surface area contributed by atoms with E-state index in [2.05, 4.69) is 25.3 Å². The van der Waals surface area contributed by atoms with E-state index in [1.807, 2.05) is 7.05 Å². The molecular formula is C28H30F2N6O3S. The molecule has 0 aliphatic carbocycles. The number of anilines is 3. The first kappa shape index (κ1) is 27.5. The summed E-state index contributed by atoms with van der Waals surface area (Å²) in [5, 5.41) is 10.1. The van der Waals surface area contributed by atoms with Crippen LogP contribution in [0.4, 0.5) is 26.0 Å². The number of rotatable bonds is 9. The van der Waals surface area contributed by atoms with E-state index in [9.17, 15) is 22.0 Å². The molecule has 5 rings (SSSR count). The zero-order valence-corrected chi connectivity index (χ0v) is 22.8. The smallest absolute Gasteiger partial charge is 0.258 e. The van der Waals surface area contributed by atoms with Gasteiger partial charge >= 0.3 is 0 Å². The second kappa shape index (κ2) is 11.6. The number of amides is 1. The fourth-order valence-corrected chi connectivity index (χ4v) is 6.06. The summed E-state index contributed by atoms with van der Waals surface area (Å²) >= 11 is 0. The van der Waals surface area contributed by atoms with Gasteiger partial charge in [-0.05, 0) is 55.6 Å². The standard InChI is InChI=1S/C28H30F2N6O3S/c1-34-13-15-35(16-14-34)20-7-9-23(26(17-20)36(19-30)12-11-29)28(37)31-27-24-18-22(8-10-25(24)32-33-27)40(38,39)21-5-3-2-4-6-21/h2-10,17-18H,11-16,19H2,1H3,(H2,31,32,33,37). The number of carbonyl (C=O) groups is 1. The summed E-state index contributed by atoms with van der Waals surface area (Å²) in [4.78, 5) is 19.2. The van der Waals surface area contributed by atoms with Crippen LogP contribution in [-0.4, -0.2) is 82.7 Å². The number of hydrogen-bond acceptors (Lipinski definition) is 7. The molecular weight excluding hydrogens is 538 g/mol. The third kappa shape index (κ3) is 5.50. The molecule has 210 valence electrons. The van der Waals surface area contributed by atoms with Gasteiger partial charge in [0.05, 0.1) is 26.6 Å². The minimum atomic E-state index is -3.80. The van der Waals surface area contributed by atoms with Crippen LogP contribution >= 0.6 is 0 Å². The Balaban J connectivity index is 1.47. The summed E-state index contributed by atoms with van der Waals surface area (Å²) in [6, 6.07) is 17.6. The number of H-pyrrole nitrogens is 1. The van der Waals surface area contributed by atoms with Gasteiger partial charge in [-0.15, -0.1) is 0 Å². The predicted octanol–water partition coefficient (Wildman–Crippen LogP) is 4.10. The molecule has 3 aromatic carbocycles. The average molecular weight is 569 g/mol. The summed E-state index contributed by atoms with van der Waals surface area (Å²) < 4.78 is 53.6. The maximum Gasteiger partial charge on any atom is 0.258 e.